The van der Waals surface area contributed by atoms with Crippen molar-refractivity contribution >= 4 is 44.8 Å². The van der Waals surface area contributed by atoms with Crippen molar-refractivity contribution in [2.75, 3.05) is 5.32 Å². The molecule has 3 atom stereocenters. The fourth-order valence-electron chi connectivity index (χ4n) is 3.63. The van der Waals surface area contributed by atoms with Gasteiger partial charge in [-0.3, -0.25) is 0 Å². The zero-order valence-electron chi connectivity index (χ0n) is 11.7. The van der Waals surface area contributed by atoms with Crippen LogP contribution in [0.3, 0.4) is 0 Å². The molecular formula is C18H14BrCl2N. The van der Waals surface area contributed by atoms with Gasteiger partial charge < -0.3 is 5.32 Å². The minimum atomic E-state index is 0.180. The number of anilines is 1. The fraction of sp³-hybridized carbons (Fsp3) is 0.222. The Balaban J connectivity index is 1.83. The highest BCUT2D eigenvalue weighted by Crippen LogP contribution is 2.51. The van der Waals surface area contributed by atoms with Crippen molar-refractivity contribution in [1.82, 2.24) is 0 Å². The van der Waals surface area contributed by atoms with Crippen molar-refractivity contribution in [3.05, 3.63) is 74.2 Å². The third-order valence-electron chi connectivity index (χ3n) is 4.64. The largest absolute Gasteiger partial charge is 0.378 e. The van der Waals surface area contributed by atoms with Crippen LogP contribution in [0.2, 0.25) is 10.0 Å². The first-order valence-corrected chi connectivity index (χ1v) is 8.86. The molecule has 2 aromatic carbocycles. The van der Waals surface area contributed by atoms with Gasteiger partial charge in [0.1, 0.15) is 0 Å². The Hall–Kier alpha value is -0.960. The molecule has 0 radical (unpaired) electrons. The molecule has 1 aliphatic heterocycles. The van der Waals surface area contributed by atoms with Crippen LogP contribution in [0.25, 0.3) is 0 Å². The van der Waals surface area contributed by atoms with Crippen LogP contribution in [0.1, 0.15) is 29.5 Å². The minimum Gasteiger partial charge on any atom is -0.378 e. The standard InChI is InChI=1S/C18H14BrCl2N/c19-10-7-8-16-14(9-10)11-3-1-4-12(11)18(22-16)13-5-2-6-15(20)17(13)21/h1-3,5-9,11-12,18,22H,4H2/t11-,12+,18+/m0/s1. The van der Waals surface area contributed by atoms with Crippen LogP contribution in [0.15, 0.2) is 53.0 Å². The SMILES string of the molecule is Clc1cccc([C@@H]2Nc3ccc(Br)cc3[C@H]3C=CC[C@H]32)c1Cl. The van der Waals surface area contributed by atoms with Crippen LogP contribution >= 0.6 is 39.1 Å². The highest BCUT2D eigenvalue weighted by atomic mass is 79.9. The maximum absolute atomic E-state index is 6.47. The molecular weight excluding hydrogens is 381 g/mol. The molecule has 0 unspecified atom stereocenters. The molecule has 0 fully saturated rings. The van der Waals surface area contributed by atoms with Crippen LogP contribution in [-0.2, 0) is 0 Å². The van der Waals surface area contributed by atoms with Gasteiger partial charge >= 0.3 is 0 Å². The lowest BCUT2D eigenvalue weighted by molar-refractivity contribution is 0.425. The van der Waals surface area contributed by atoms with Gasteiger partial charge in [-0.25, -0.2) is 0 Å². The van der Waals surface area contributed by atoms with Crippen LogP contribution < -0.4 is 5.32 Å². The van der Waals surface area contributed by atoms with Crippen LogP contribution in [0.5, 0.6) is 0 Å². The smallest absolute Gasteiger partial charge is 0.0645 e. The van der Waals surface area contributed by atoms with E-state index in [1.165, 1.54) is 11.3 Å². The Labute approximate surface area is 148 Å². The number of fused-ring (bicyclic) bond motifs is 3. The van der Waals surface area contributed by atoms with Gasteiger partial charge in [0, 0.05) is 16.1 Å². The van der Waals surface area contributed by atoms with Crippen LogP contribution in [-0.4, -0.2) is 0 Å². The predicted molar refractivity (Wildman–Crippen MR) is 97.0 cm³/mol. The van der Waals surface area contributed by atoms with Crippen LogP contribution in [0, 0.1) is 5.92 Å². The first-order chi connectivity index (χ1) is 10.6. The van der Waals surface area contributed by atoms with Crippen molar-refractivity contribution in [2.24, 2.45) is 5.92 Å². The summed E-state index contributed by atoms with van der Waals surface area (Å²) in [5.74, 6) is 0.895. The van der Waals surface area contributed by atoms with E-state index in [4.69, 9.17) is 23.2 Å². The van der Waals surface area contributed by atoms with Crippen molar-refractivity contribution in [3.8, 4) is 0 Å². The van der Waals surface area contributed by atoms with Gasteiger partial charge in [-0.2, -0.15) is 0 Å². The normalized spacial score (nSPS) is 25.5. The minimum absolute atomic E-state index is 0.180. The second-order valence-electron chi connectivity index (χ2n) is 5.85. The van der Waals surface area contributed by atoms with Gasteiger partial charge in [0.15, 0.2) is 0 Å². The second-order valence-corrected chi connectivity index (χ2v) is 7.55. The van der Waals surface area contributed by atoms with E-state index in [1.54, 1.807) is 0 Å². The molecule has 4 rings (SSSR count). The first kappa shape index (κ1) is 14.6. The number of nitrogens with one attached hydrogen (secondary N) is 1. The monoisotopic (exact) mass is 393 g/mol. The Kier molecular flexibility index (Phi) is 3.72. The number of allylic oxidation sites excluding steroid dienone is 2. The highest BCUT2D eigenvalue weighted by molar-refractivity contribution is 9.10. The number of halogens is 3. The Bertz CT molecular complexity index is 772. The molecule has 0 amide bonds. The summed E-state index contributed by atoms with van der Waals surface area (Å²) in [7, 11) is 0. The second kappa shape index (κ2) is 5.59. The number of benzene rings is 2. The average molecular weight is 395 g/mol. The molecule has 1 nitrogen and oxygen atoms in total. The summed E-state index contributed by atoms with van der Waals surface area (Å²) in [5.41, 5.74) is 3.61. The maximum Gasteiger partial charge on any atom is 0.0645 e. The van der Waals surface area contributed by atoms with E-state index in [1.807, 2.05) is 12.1 Å². The Morgan fingerprint density at radius 3 is 2.82 bits per heavy atom. The summed E-state index contributed by atoms with van der Waals surface area (Å²) in [4.78, 5) is 0. The van der Waals surface area contributed by atoms with Crippen molar-refractivity contribution < 1.29 is 0 Å². The van der Waals surface area contributed by atoms with E-state index >= 15 is 0 Å². The average Bonchev–Trinajstić information content (AvgIpc) is 2.99. The zero-order valence-corrected chi connectivity index (χ0v) is 14.8. The maximum atomic E-state index is 6.47. The Morgan fingerprint density at radius 2 is 1.95 bits per heavy atom. The van der Waals surface area contributed by atoms with E-state index in [-0.39, 0.29) is 6.04 Å². The first-order valence-electron chi connectivity index (χ1n) is 7.31. The molecule has 2 aromatic rings. The summed E-state index contributed by atoms with van der Waals surface area (Å²) >= 11 is 16.3. The molecule has 0 bridgehead atoms. The number of hydrogen-bond donors (Lipinski definition) is 1. The van der Waals surface area contributed by atoms with E-state index in [0.29, 0.717) is 21.9 Å². The fourth-order valence-corrected chi connectivity index (χ4v) is 4.44. The van der Waals surface area contributed by atoms with Gasteiger partial charge in [-0.1, -0.05) is 63.4 Å². The summed E-state index contributed by atoms with van der Waals surface area (Å²) in [5, 5.41) is 4.95. The molecule has 112 valence electrons. The van der Waals surface area contributed by atoms with Gasteiger partial charge in [0.2, 0.25) is 0 Å². The predicted octanol–water partition coefficient (Wildman–Crippen LogP) is 6.58. The summed E-state index contributed by atoms with van der Waals surface area (Å²) in [6.07, 6.45) is 5.65. The third kappa shape index (κ3) is 2.29. The number of hydrogen-bond acceptors (Lipinski definition) is 1. The summed E-state index contributed by atoms with van der Waals surface area (Å²) in [6.45, 7) is 0. The quantitative estimate of drug-likeness (QED) is 0.538. The molecule has 0 saturated heterocycles. The van der Waals surface area contributed by atoms with Crippen LogP contribution in [0.4, 0.5) is 5.69 Å². The molecule has 0 spiro atoms. The topological polar surface area (TPSA) is 12.0 Å². The lowest BCUT2D eigenvalue weighted by Crippen LogP contribution is -2.29. The molecule has 1 aliphatic carbocycles. The molecule has 22 heavy (non-hydrogen) atoms. The third-order valence-corrected chi connectivity index (χ3v) is 5.97. The van der Waals surface area contributed by atoms with Gasteiger partial charge in [-0.15, -0.1) is 0 Å². The lowest BCUT2D eigenvalue weighted by atomic mass is 9.77. The van der Waals surface area contributed by atoms with Crippen molar-refractivity contribution in [2.45, 2.75) is 18.4 Å². The van der Waals surface area contributed by atoms with Crippen molar-refractivity contribution in [3.63, 3.8) is 0 Å². The number of rotatable bonds is 1. The van der Waals surface area contributed by atoms with Gasteiger partial charge in [0.05, 0.1) is 16.1 Å². The van der Waals surface area contributed by atoms with Gasteiger partial charge in [0.25, 0.3) is 0 Å². The molecule has 0 aromatic heterocycles. The highest BCUT2D eigenvalue weighted by Gasteiger charge is 2.38. The molecule has 2 aliphatic rings. The van der Waals surface area contributed by atoms with E-state index in [2.05, 4.69) is 57.7 Å². The van der Waals surface area contributed by atoms with E-state index in [9.17, 15) is 0 Å². The molecule has 1 heterocycles. The molecule has 1 N–H and O–H groups in total. The lowest BCUT2D eigenvalue weighted by Gasteiger charge is -2.38. The van der Waals surface area contributed by atoms with Gasteiger partial charge in [-0.05, 0) is 47.7 Å². The van der Waals surface area contributed by atoms with Crippen molar-refractivity contribution in [1.29, 1.82) is 0 Å². The van der Waals surface area contributed by atoms with E-state index in [0.717, 1.165) is 16.5 Å². The molecule has 0 saturated carbocycles. The zero-order chi connectivity index (χ0) is 15.3. The summed E-state index contributed by atoms with van der Waals surface area (Å²) < 4.78 is 1.12. The van der Waals surface area contributed by atoms with E-state index < -0.39 is 0 Å². The molecule has 4 heteroatoms. The Morgan fingerprint density at radius 1 is 1.09 bits per heavy atom. The summed E-state index contributed by atoms with van der Waals surface area (Å²) in [6, 6.07) is 12.5.